The molecule has 0 N–H and O–H groups in total. The molecular formula is C15H13ClN2OS. The fourth-order valence-electron chi connectivity index (χ4n) is 1.88. The molecule has 1 aromatic carbocycles. The number of halogens is 1. The summed E-state index contributed by atoms with van der Waals surface area (Å²) in [6.45, 7) is 4.15. The number of alkyl halides is 1. The quantitative estimate of drug-likeness (QED) is 0.656. The van der Waals surface area contributed by atoms with Gasteiger partial charge in [-0.05, 0) is 31.0 Å². The Bertz CT molecular complexity index is 701. The summed E-state index contributed by atoms with van der Waals surface area (Å²) in [5.74, 6) is 0.958. The SMILES string of the molecule is Cc1cc(-c2nnc(C(Cl)c3ccccc3)o2)sc1C. The second kappa shape index (κ2) is 5.38. The Balaban J connectivity index is 1.90. The Morgan fingerprint density at radius 3 is 2.55 bits per heavy atom. The van der Waals surface area contributed by atoms with Crippen LogP contribution in [0.5, 0.6) is 0 Å². The predicted molar refractivity (Wildman–Crippen MR) is 81.2 cm³/mol. The molecule has 20 heavy (non-hydrogen) atoms. The van der Waals surface area contributed by atoms with Gasteiger partial charge < -0.3 is 4.42 Å². The summed E-state index contributed by atoms with van der Waals surface area (Å²) >= 11 is 8.03. The van der Waals surface area contributed by atoms with Gasteiger partial charge in [-0.1, -0.05) is 30.3 Å². The molecule has 3 aromatic rings. The first-order valence-corrected chi connectivity index (χ1v) is 7.50. The number of benzene rings is 1. The van der Waals surface area contributed by atoms with Crippen molar-refractivity contribution in [2.24, 2.45) is 0 Å². The Hall–Kier alpha value is -1.65. The molecule has 0 bridgehead atoms. The van der Waals surface area contributed by atoms with Crippen molar-refractivity contribution in [3.8, 4) is 10.8 Å². The maximum Gasteiger partial charge on any atom is 0.257 e. The highest BCUT2D eigenvalue weighted by atomic mass is 35.5. The summed E-state index contributed by atoms with van der Waals surface area (Å²) in [5, 5.41) is 7.75. The van der Waals surface area contributed by atoms with Crippen LogP contribution in [0.3, 0.4) is 0 Å². The molecule has 0 radical (unpaired) electrons. The number of aromatic nitrogens is 2. The molecule has 0 aliphatic heterocycles. The van der Waals surface area contributed by atoms with Crippen molar-refractivity contribution in [3.63, 3.8) is 0 Å². The number of rotatable bonds is 3. The van der Waals surface area contributed by atoms with Crippen LogP contribution in [0.4, 0.5) is 0 Å². The predicted octanol–water partition coefficient (Wildman–Crippen LogP) is 4.74. The van der Waals surface area contributed by atoms with Crippen LogP contribution >= 0.6 is 22.9 Å². The van der Waals surface area contributed by atoms with E-state index in [1.54, 1.807) is 11.3 Å². The number of nitrogens with zero attached hydrogens (tertiary/aromatic N) is 2. The molecule has 3 nitrogen and oxygen atoms in total. The van der Waals surface area contributed by atoms with E-state index in [-0.39, 0.29) is 0 Å². The molecule has 1 unspecified atom stereocenters. The number of hydrogen-bond acceptors (Lipinski definition) is 4. The van der Waals surface area contributed by atoms with E-state index in [0.29, 0.717) is 11.8 Å². The van der Waals surface area contributed by atoms with Crippen molar-refractivity contribution in [1.29, 1.82) is 0 Å². The molecule has 5 heteroatoms. The first kappa shape index (κ1) is 13.3. The first-order valence-electron chi connectivity index (χ1n) is 6.25. The van der Waals surface area contributed by atoms with Crippen LogP contribution in [0.1, 0.15) is 27.3 Å². The summed E-state index contributed by atoms with van der Waals surface area (Å²) in [4.78, 5) is 2.24. The van der Waals surface area contributed by atoms with E-state index in [0.717, 1.165) is 10.4 Å². The number of hydrogen-bond donors (Lipinski definition) is 0. The van der Waals surface area contributed by atoms with Gasteiger partial charge in [-0.3, -0.25) is 0 Å². The largest absolute Gasteiger partial charge is 0.418 e. The summed E-state index contributed by atoms with van der Waals surface area (Å²) in [6.07, 6.45) is 0. The Kier molecular flexibility index (Phi) is 3.59. The van der Waals surface area contributed by atoms with Crippen molar-refractivity contribution in [1.82, 2.24) is 10.2 Å². The third-order valence-corrected chi connectivity index (χ3v) is 4.71. The van der Waals surface area contributed by atoms with Gasteiger partial charge in [-0.2, -0.15) is 0 Å². The van der Waals surface area contributed by atoms with Crippen LogP contribution in [0.25, 0.3) is 10.8 Å². The highest BCUT2D eigenvalue weighted by molar-refractivity contribution is 7.15. The molecule has 2 heterocycles. The van der Waals surface area contributed by atoms with Crippen molar-refractivity contribution in [2.75, 3.05) is 0 Å². The highest BCUT2D eigenvalue weighted by Gasteiger charge is 2.19. The summed E-state index contributed by atoms with van der Waals surface area (Å²) < 4.78 is 5.71. The van der Waals surface area contributed by atoms with E-state index in [1.807, 2.05) is 30.3 Å². The van der Waals surface area contributed by atoms with Crippen molar-refractivity contribution in [3.05, 3.63) is 58.3 Å². The molecule has 2 aromatic heterocycles. The van der Waals surface area contributed by atoms with Gasteiger partial charge >= 0.3 is 0 Å². The van der Waals surface area contributed by atoms with E-state index in [4.69, 9.17) is 16.0 Å². The van der Waals surface area contributed by atoms with E-state index < -0.39 is 5.38 Å². The zero-order chi connectivity index (χ0) is 14.1. The lowest BCUT2D eigenvalue weighted by atomic mass is 10.1. The molecule has 0 spiro atoms. The first-order chi connectivity index (χ1) is 9.65. The van der Waals surface area contributed by atoms with Crippen molar-refractivity contribution >= 4 is 22.9 Å². The van der Waals surface area contributed by atoms with Crippen LogP contribution in [0.15, 0.2) is 40.8 Å². The third kappa shape index (κ3) is 2.49. The molecule has 1 atom stereocenters. The molecule has 0 aliphatic rings. The molecule has 0 fully saturated rings. The van der Waals surface area contributed by atoms with Gasteiger partial charge in [-0.25, -0.2) is 0 Å². The minimum Gasteiger partial charge on any atom is -0.418 e. The zero-order valence-corrected chi connectivity index (χ0v) is 12.7. The van der Waals surface area contributed by atoms with E-state index in [1.165, 1.54) is 10.4 Å². The summed E-state index contributed by atoms with van der Waals surface area (Å²) in [6, 6.07) is 11.8. The second-order valence-corrected chi connectivity index (χ2v) is 6.26. The minimum absolute atomic E-state index is 0.417. The maximum atomic E-state index is 6.38. The Morgan fingerprint density at radius 1 is 1.15 bits per heavy atom. The second-order valence-electron chi connectivity index (χ2n) is 4.57. The average molecular weight is 305 g/mol. The molecule has 3 rings (SSSR count). The van der Waals surface area contributed by atoms with Crippen LogP contribution < -0.4 is 0 Å². The molecule has 0 saturated heterocycles. The number of thiophene rings is 1. The minimum atomic E-state index is -0.417. The summed E-state index contributed by atoms with van der Waals surface area (Å²) in [7, 11) is 0. The van der Waals surface area contributed by atoms with Crippen molar-refractivity contribution in [2.45, 2.75) is 19.2 Å². The van der Waals surface area contributed by atoms with Gasteiger partial charge in [0.25, 0.3) is 5.89 Å². The number of aryl methyl sites for hydroxylation is 2. The van der Waals surface area contributed by atoms with Gasteiger partial charge in [-0.15, -0.1) is 33.1 Å². The molecule has 102 valence electrons. The van der Waals surface area contributed by atoms with E-state index >= 15 is 0 Å². The monoisotopic (exact) mass is 304 g/mol. The topological polar surface area (TPSA) is 38.9 Å². The van der Waals surface area contributed by atoms with Crippen LogP contribution in [0, 0.1) is 13.8 Å². The molecular weight excluding hydrogens is 292 g/mol. The molecule has 0 saturated carbocycles. The lowest BCUT2D eigenvalue weighted by molar-refractivity contribution is 0.514. The molecule has 0 aliphatic carbocycles. The lowest BCUT2D eigenvalue weighted by Crippen LogP contribution is -1.92. The highest BCUT2D eigenvalue weighted by Crippen LogP contribution is 2.33. The lowest BCUT2D eigenvalue weighted by Gasteiger charge is -2.03. The van der Waals surface area contributed by atoms with Gasteiger partial charge in [0.15, 0.2) is 0 Å². The van der Waals surface area contributed by atoms with Gasteiger partial charge in [0.1, 0.15) is 5.38 Å². The van der Waals surface area contributed by atoms with Gasteiger partial charge in [0.2, 0.25) is 5.89 Å². The third-order valence-electron chi connectivity index (χ3n) is 3.13. The fraction of sp³-hybridized carbons (Fsp3) is 0.200. The van der Waals surface area contributed by atoms with Crippen molar-refractivity contribution < 1.29 is 4.42 Å². The van der Waals surface area contributed by atoms with Crippen LogP contribution in [-0.4, -0.2) is 10.2 Å². The smallest absolute Gasteiger partial charge is 0.257 e. The maximum absolute atomic E-state index is 6.38. The summed E-state index contributed by atoms with van der Waals surface area (Å²) in [5.41, 5.74) is 2.18. The molecule has 0 amide bonds. The fourth-order valence-corrected chi connectivity index (χ4v) is 3.07. The normalized spacial score (nSPS) is 12.6. The zero-order valence-electron chi connectivity index (χ0n) is 11.1. The van der Waals surface area contributed by atoms with Gasteiger partial charge in [0.05, 0.1) is 4.88 Å². The standard InChI is InChI=1S/C15H13ClN2OS/c1-9-8-12(20-10(9)2)14-17-18-15(19-14)13(16)11-6-4-3-5-7-11/h3-8,13H,1-2H3. The van der Waals surface area contributed by atoms with Crippen LogP contribution in [0.2, 0.25) is 0 Å². The Morgan fingerprint density at radius 2 is 1.90 bits per heavy atom. The van der Waals surface area contributed by atoms with Gasteiger partial charge in [0, 0.05) is 4.88 Å². The average Bonchev–Trinajstić information content (AvgIpc) is 3.07. The Labute approximate surface area is 126 Å². The van der Waals surface area contributed by atoms with E-state index in [2.05, 4.69) is 30.1 Å². The van der Waals surface area contributed by atoms with E-state index in [9.17, 15) is 0 Å². The van der Waals surface area contributed by atoms with Crippen LogP contribution in [-0.2, 0) is 0 Å².